The van der Waals surface area contributed by atoms with Crippen molar-refractivity contribution in [3.05, 3.63) is 53.4 Å². The molecule has 1 saturated heterocycles. The Morgan fingerprint density at radius 2 is 1.92 bits per heavy atom. The number of imidazole rings is 1. The van der Waals surface area contributed by atoms with Gasteiger partial charge in [0.2, 0.25) is 5.82 Å². The number of halogens is 5. The molecule has 3 aromatic rings. The molecule has 36 heavy (non-hydrogen) atoms. The monoisotopic (exact) mass is 513 g/mol. The van der Waals surface area contributed by atoms with E-state index in [4.69, 9.17) is 15.2 Å². The van der Waals surface area contributed by atoms with Gasteiger partial charge in [-0.15, -0.1) is 5.10 Å². The van der Waals surface area contributed by atoms with Gasteiger partial charge in [-0.3, -0.25) is 9.59 Å². The van der Waals surface area contributed by atoms with Crippen LogP contribution in [0.1, 0.15) is 35.8 Å². The number of alkyl halides is 3. The standard InChI is InChI=1S/C22H20F5N5O4/c1-9-15(10-4-5-11(23)16(24)17(10)35-3)18(36-21(9,2)22(25,26)27)20(34)30-13-6-7-14-29-8-12(19(28)33)32(14)31-13/h4-9,15,18H,1-3H3,(H2,28,33)(H,30,31,34)/t9-,15-,18+,21+/m0/s1. The Bertz CT molecular complexity index is 1360. The molecule has 1 aromatic carbocycles. The van der Waals surface area contributed by atoms with Gasteiger partial charge in [0.05, 0.1) is 13.3 Å². The van der Waals surface area contributed by atoms with Crippen LogP contribution in [0.3, 0.4) is 0 Å². The molecule has 1 fully saturated rings. The smallest absolute Gasteiger partial charge is 0.417 e. The maximum atomic E-state index is 14.4. The van der Waals surface area contributed by atoms with E-state index in [9.17, 15) is 31.5 Å². The lowest BCUT2D eigenvalue weighted by Crippen LogP contribution is -2.47. The molecule has 3 N–H and O–H groups in total. The van der Waals surface area contributed by atoms with Crippen molar-refractivity contribution in [2.24, 2.45) is 11.7 Å². The molecule has 0 radical (unpaired) electrons. The van der Waals surface area contributed by atoms with E-state index in [-0.39, 0.29) is 22.7 Å². The van der Waals surface area contributed by atoms with E-state index in [0.29, 0.717) is 0 Å². The second-order valence-electron chi connectivity index (χ2n) is 8.43. The minimum atomic E-state index is -4.91. The molecule has 3 heterocycles. The Hall–Kier alpha value is -3.81. The van der Waals surface area contributed by atoms with Crippen LogP contribution in [0.15, 0.2) is 30.5 Å². The summed E-state index contributed by atoms with van der Waals surface area (Å²) in [5.41, 5.74) is 2.41. The summed E-state index contributed by atoms with van der Waals surface area (Å²) >= 11 is 0. The molecule has 4 rings (SSSR count). The highest BCUT2D eigenvalue weighted by Gasteiger charge is 2.66. The third-order valence-corrected chi connectivity index (χ3v) is 6.44. The number of methoxy groups -OCH3 is 1. The van der Waals surface area contributed by atoms with Crippen molar-refractivity contribution in [2.75, 3.05) is 12.4 Å². The highest BCUT2D eigenvalue weighted by atomic mass is 19.4. The number of nitrogens with two attached hydrogens (primary N) is 1. The fourth-order valence-corrected chi connectivity index (χ4v) is 4.35. The number of benzene rings is 1. The molecule has 14 heteroatoms. The highest BCUT2D eigenvalue weighted by Crippen LogP contribution is 2.54. The quantitative estimate of drug-likeness (QED) is 0.506. The normalized spacial score (nSPS) is 24.2. The van der Waals surface area contributed by atoms with Gasteiger partial charge in [0.15, 0.2) is 28.6 Å². The number of carbonyl (C=O) groups excluding carboxylic acids is 2. The van der Waals surface area contributed by atoms with E-state index >= 15 is 0 Å². The van der Waals surface area contributed by atoms with E-state index < -0.39 is 58.9 Å². The van der Waals surface area contributed by atoms with Crippen LogP contribution >= 0.6 is 0 Å². The number of anilines is 1. The summed E-state index contributed by atoms with van der Waals surface area (Å²) in [6, 6.07) is 4.49. The van der Waals surface area contributed by atoms with Crippen molar-refractivity contribution in [3.8, 4) is 5.75 Å². The number of amides is 2. The molecular formula is C22H20F5N5O4. The summed E-state index contributed by atoms with van der Waals surface area (Å²) in [5, 5.41) is 6.39. The van der Waals surface area contributed by atoms with E-state index in [1.807, 2.05) is 0 Å². The Morgan fingerprint density at radius 3 is 2.53 bits per heavy atom. The van der Waals surface area contributed by atoms with Crippen LogP contribution in [0.25, 0.3) is 5.65 Å². The number of ether oxygens (including phenoxy) is 2. The van der Waals surface area contributed by atoms with Crippen molar-refractivity contribution in [2.45, 2.75) is 37.6 Å². The molecular weight excluding hydrogens is 493 g/mol. The lowest BCUT2D eigenvalue weighted by atomic mass is 9.77. The SMILES string of the molecule is COc1c([C@H]2[C@H](C(=O)Nc3ccc4ncc(C(N)=O)n4n3)O[C@@](C)(C(F)(F)F)[C@H]2C)ccc(F)c1F. The minimum absolute atomic E-state index is 0.0964. The Labute approximate surface area is 200 Å². The number of aromatic nitrogens is 3. The zero-order valence-corrected chi connectivity index (χ0v) is 19.1. The number of fused-ring (bicyclic) bond motifs is 1. The molecule has 0 bridgehead atoms. The van der Waals surface area contributed by atoms with E-state index in [0.717, 1.165) is 36.9 Å². The van der Waals surface area contributed by atoms with Crippen LogP contribution < -0.4 is 15.8 Å². The zero-order chi connectivity index (χ0) is 26.6. The Balaban J connectivity index is 1.77. The van der Waals surface area contributed by atoms with Crippen LogP contribution in [-0.2, 0) is 9.53 Å². The second-order valence-corrected chi connectivity index (χ2v) is 8.43. The van der Waals surface area contributed by atoms with Gasteiger partial charge in [-0.1, -0.05) is 13.0 Å². The van der Waals surface area contributed by atoms with Crippen molar-refractivity contribution < 1.29 is 41.0 Å². The van der Waals surface area contributed by atoms with Gasteiger partial charge in [0.25, 0.3) is 11.8 Å². The molecule has 2 aromatic heterocycles. The molecule has 4 atom stereocenters. The highest BCUT2D eigenvalue weighted by molar-refractivity contribution is 5.95. The first-order chi connectivity index (χ1) is 16.8. The molecule has 2 amide bonds. The van der Waals surface area contributed by atoms with Gasteiger partial charge in [0.1, 0.15) is 11.8 Å². The first-order valence-electron chi connectivity index (χ1n) is 10.5. The number of primary amides is 1. The zero-order valence-electron chi connectivity index (χ0n) is 19.1. The van der Waals surface area contributed by atoms with Gasteiger partial charge >= 0.3 is 6.18 Å². The third kappa shape index (κ3) is 3.90. The van der Waals surface area contributed by atoms with Crippen molar-refractivity contribution in [3.63, 3.8) is 0 Å². The number of nitrogens with zero attached hydrogens (tertiary/aromatic N) is 3. The molecule has 0 spiro atoms. The molecule has 0 aliphatic carbocycles. The average Bonchev–Trinajstić information content (AvgIpc) is 3.35. The largest absolute Gasteiger partial charge is 0.493 e. The fourth-order valence-electron chi connectivity index (χ4n) is 4.35. The van der Waals surface area contributed by atoms with E-state index in [1.165, 1.54) is 19.1 Å². The molecule has 0 unspecified atom stereocenters. The average molecular weight is 513 g/mol. The molecule has 1 aliphatic rings. The summed E-state index contributed by atoms with van der Waals surface area (Å²) in [6.07, 6.45) is -5.55. The van der Waals surface area contributed by atoms with E-state index in [2.05, 4.69) is 15.4 Å². The predicted octanol–water partition coefficient (Wildman–Crippen LogP) is 3.19. The van der Waals surface area contributed by atoms with E-state index in [1.54, 1.807) is 0 Å². The Kier molecular flexibility index (Phi) is 6.11. The summed E-state index contributed by atoms with van der Waals surface area (Å²) in [5.74, 6) is -8.17. The number of hydrogen-bond donors (Lipinski definition) is 2. The maximum absolute atomic E-state index is 14.4. The van der Waals surface area contributed by atoms with Crippen molar-refractivity contribution in [1.29, 1.82) is 0 Å². The van der Waals surface area contributed by atoms with Gasteiger partial charge < -0.3 is 20.5 Å². The fraction of sp³-hybridized carbons (Fsp3) is 0.364. The van der Waals surface area contributed by atoms with Crippen LogP contribution in [0.4, 0.5) is 27.8 Å². The van der Waals surface area contributed by atoms with Crippen molar-refractivity contribution >= 4 is 23.3 Å². The van der Waals surface area contributed by atoms with Gasteiger partial charge in [-0.2, -0.15) is 17.6 Å². The molecule has 9 nitrogen and oxygen atoms in total. The van der Waals surface area contributed by atoms with Gasteiger partial charge in [-0.05, 0) is 25.1 Å². The number of rotatable bonds is 5. The van der Waals surface area contributed by atoms with Gasteiger partial charge in [-0.25, -0.2) is 13.9 Å². The topological polar surface area (TPSA) is 121 Å². The summed E-state index contributed by atoms with van der Waals surface area (Å²) in [4.78, 5) is 28.7. The summed E-state index contributed by atoms with van der Waals surface area (Å²) in [6.45, 7) is 1.97. The lowest BCUT2D eigenvalue weighted by molar-refractivity contribution is -0.272. The third-order valence-electron chi connectivity index (χ3n) is 6.44. The lowest BCUT2D eigenvalue weighted by Gasteiger charge is -2.32. The molecule has 192 valence electrons. The maximum Gasteiger partial charge on any atom is 0.417 e. The molecule has 1 aliphatic heterocycles. The van der Waals surface area contributed by atoms with Crippen LogP contribution in [0, 0.1) is 17.6 Å². The number of nitrogens with one attached hydrogen (secondary N) is 1. The van der Waals surface area contributed by atoms with Crippen molar-refractivity contribution in [1.82, 2.24) is 14.6 Å². The van der Waals surface area contributed by atoms with Crippen LogP contribution in [0.5, 0.6) is 5.75 Å². The number of carbonyl (C=O) groups is 2. The minimum Gasteiger partial charge on any atom is -0.493 e. The Morgan fingerprint density at radius 1 is 1.22 bits per heavy atom. The van der Waals surface area contributed by atoms with Crippen LogP contribution in [0.2, 0.25) is 0 Å². The second kappa shape index (κ2) is 8.69. The van der Waals surface area contributed by atoms with Gasteiger partial charge in [0, 0.05) is 17.4 Å². The first-order valence-corrected chi connectivity index (χ1v) is 10.5. The summed E-state index contributed by atoms with van der Waals surface area (Å²) < 4.78 is 81.7. The number of hydrogen-bond acceptors (Lipinski definition) is 6. The predicted molar refractivity (Wildman–Crippen MR) is 114 cm³/mol. The first kappa shape index (κ1) is 25.3. The summed E-state index contributed by atoms with van der Waals surface area (Å²) in [7, 11) is 1.03. The molecule has 0 saturated carbocycles. The van der Waals surface area contributed by atoms with Crippen LogP contribution in [-0.4, -0.2) is 51.4 Å².